The van der Waals surface area contributed by atoms with Crippen molar-refractivity contribution in [2.24, 2.45) is 4.99 Å². The molecule has 23 heavy (non-hydrogen) atoms. The third kappa shape index (κ3) is 4.38. The normalized spacial score (nSPS) is 22.1. The zero-order chi connectivity index (χ0) is 17.0. The maximum atomic E-state index is 6.10. The van der Waals surface area contributed by atoms with Gasteiger partial charge >= 0.3 is 0 Å². The van der Waals surface area contributed by atoms with Crippen molar-refractivity contribution in [3.63, 3.8) is 0 Å². The molecule has 1 aliphatic carbocycles. The summed E-state index contributed by atoms with van der Waals surface area (Å²) in [7, 11) is 1.77. The van der Waals surface area contributed by atoms with Crippen LogP contribution in [0, 0.1) is 0 Å². The third-order valence-corrected chi connectivity index (χ3v) is 4.65. The minimum absolute atomic E-state index is 0.226. The van der Waals surface area contributed by atoms with E-state index in [-0.39, 0.29) is 6.10 Å². The Hall–Kier alpha value is -1.74. The highest BCUT2D eigenvalue weighted by Gasteiger charge is 2.23. The average Bonchev–Trinajstić information content (AvgIpc) is 2.54. The van der Waals surface area contributed by atoms with E-state index in [1.165, 1.54) is 0 Å². The molecule has 0 aromatic rings. The Kier molecular flexibility index (Phi) is 5.89. The smallest absolute Gasteiger partial charge is 0.120 e. The summed E-state index contributed by atoms with van der Waals surface area (Å²) in [5.74, 6) is 0.868. The van der Waals surface area contributed by atoms with E-state index in [1.54, 1.807) is 7.05 Å². The van der Waals surface area contributed by atoms with Crippen molar-refractivity contribution in [1.29, 1.82) is 0 Å². The van der Waals surface area contributed by atoms with Crippen LogP contribution >= 0.6 is 11.6 Å². The van der Waals surface area contributed by atoms with Gasteiger partial charge in [0.15, 0.2) is 0 Å². The molecule has 0 aromatic carbocycles. The predicted octanol–water partition coefficient (Wildman–Crippen LogP) is 4.59. The number of aliphatic imine (C=N–C) groups is 1. The Labute approximate surface area is 144 Å². The third-order valence-electron chi connectivity index (χ3n) is 4.37. The van der Waals surface area contributed by atoms with Crippen LogP contribution in [0.4, 0.5) is 0 Å². The molecule has 0 unspecified atom stereocenters. The first kappa shape index (κ1) is 17.6. The molecule has 2 aliphatic rings. The van der Waals surface area contributed by atoms with E-state index < -0.39 is 0 Å². The first-order valence-corrected chi connectivity index (χ1v) is 8.30. The van der Waals surface area contributed by atoms with E-state index >= 15 is 0 Å². The molecular weight excluding hydrogens is 308 g/mol. The molecule has 1 fully saturated rings. The van der Waals surface area contributed by atoms with Gasteiger partial charge in [-0.15, -0.1) is 0 Å². The van der Waals surface area contributed by atoms with Crippen molar-refractivity contribution in [1.82, 2.24) is 4.90 Å². The lowest BCUT2D eigenvalue weighted by molar-refractivity contribution is 0.0670. The Morgan fingerprint density at radius 3 is 2.48 bits per heavy atom. The monoisotopic (exact) mass is 332 g/mol. The van der Waals surface area contributed by atoms with Crippen molar-refractivity contribution < 1.29 is 4.74 Å². The minimum atomic E-state index is 0.226. The fourth-order valence-corrected chi connectivity index (χ4v) is 2.83. The van der Waals surface area contributed by atoms with Crippen LogP contribution in [0.5, 0.6) is 0 Å². The lowest BCUT2D eigenvalue weighted by Crippen LogP contribution is -2.36. The second-order valence-electron chi connectivity index (χ2n) is 5.92. The zero-order valence-electron chi connectivity index (χ0n) is 14.2. The van der Waals surface area contributed by atoms with Crippen LogP contribution in [0.25, 0.3) is 0 Å². The molecule has 124 valence electrons. The molecule has 0 atom stereocenters. The standard InChI is InChI=1S/C19H25ClN2O/c1-13-12-18(6-7-19(13)21-5)23-17-8-10-22(11-9-17)16(4)14(2)15(3)20/h6-7,12,17H,1,4,8-11H2,2-3,5H3/b15-14+,21-19-. The maximum absolute atomic E-state index is 6.10. The Bertz CT molecular complexity index is 613. The lowest BCUT2D eigenvalue weighted by Gasteiger charge is -2.35. The van der Waals surface area contributed by atoms with Crippen molar-refractivity contribution >= 4 is 17.3 Å². The van der Waals surface area contributed by atoms with E-state index in [0.29, 0.717) is 0 Å². The van der Waals surface area contributed by atoms with Crippen LogP contribution in [0.3, 0.4) is 0 Å². The highest BCUT2D eigenvalue weighted by molar-refractivity contribution is 6.29. The molecule has 0 spiro atoms. The van der Waals surface area contributed by atoms with Gasteiger partial charge in [0.25, 0.3) is 0 Å². The summed E-state index contributed by atoms with van der Waals surface area (Å²) >= 11 is 6.07. The van der Waals surface area contributed by atoms with Gasteiger partial charge in [-0.1, -0.05) is 24.8 Å². The number of piperidine rings is 1. The molecular formula is C19H25ClN2O. The Balaban J connectivity index is 1.89. The summed E-state index contributed by atoms with van der Waals surface area (Å²) in [6, 6.07) is 0. The SMILES string of the molecule is C=C1C=C(OC2CCN(C(=C)/C(C)=C(\C)Cl)CC2)C=C/C1=N/C. The van der Waals surface area contributed by atoms with E-state index in [1.807, 2.05) is 32.1 Å². The first-order valence-electron chi connectivity index (χ1n) is 7.92. The molecule has 0 aromatic heterocycles. The predicted molar refractivity (Wildman–Crippen MR) is 98.8 cm³/mol. The van der Waals surface area contributed by atoms with E-state index in [4.69, 9.17) is 16.3 Å². The largest absolute Gasteiger partial charge is 0.490 e. The fraction of sp³-hybridized carbons (Fsp3) is 0.421. The van der Waals surface area contributed by atoms with Gasteiger partial charge in [0, 0.05) is 43.7 Å². The van der Waals surface area contributed by atoms with Crippen LogP contribution in [-0.4, -0.2) is 36.9 Å². The Morgan fingerprint density at radius 2 is 1.96 bits per heavy atom. The molecule has 1 saturated heterocycles. The molecule has 0 bridgehead atoms. The molecule has 1 aliphatic heterocycles. The molecule has 3 nitrogen and oxygen atoms in total. The van der Waals surface area contributed by atoms with Gasteiger partial charge in [-0.2, -0.15) is 0 Å². The number of nitrogens with zero attached hydrogens (tertiary/aromatic N) is 2. The fourth-order valence-electron chi connectivity index (χ4n) is 2.73. The van der Waals surface area contributed by atoms with Crippen molar-refractivity contribution in [2.75, 3.05) is 20.1 Å². The average molecular weight is 333 g/mol. The van der Waals surface area contributed by atoms with Crippen LogP contribution < -0.4 is 0 Å². The van der Waals surface area contributed by atoms with Crippen LogP contribution in [0.15, 0.2) is 64.0 Å². The zero-order valence-corrected chi connectivity index (χ0v) is 15.0. The number of ether oxygens (including phenoxy) is 1. The molecule has 0 amide bonds. The Morgan fingerprint density at radius 1 is 1.30 bits per heavy atom. The molecule has 1 heterocycles. The molecule has 0 N–H and O–H groups in total. The summed E-state index contributed by atoms with van der Waals surface area (Å²) in [5.41, 5.74) is 3.88. The van der Waals surface area contributed by atoms with Gasteiger partial charge in [0.2, 0.25) is 0 Å². The van der Waals surface area contributed by atoms with Gasteiger partial charge in [0.1, 0.15) is 11.9 Å². The molecule has 0 saturated carbocycles. The van der Waals surface area contributed by atoms with Gasteiger partial charge in [-0.25, -0.2) is 0 Å². The highest BCUT2D eigenvalue weighted by atomic mass is 35.5. The summed E-state index contributed by atoms with van der Waals surface area (Å²) in [6.45, 7) is 14.0. The van der Waals surface area contributed by atoms with Crippen molar-refractivity contribution in [3.8, 4) is 0 Å². The number of halogens is 1. The van der Waals surface area contributed by atoms with Gasteiger partial charge in [-0.3, -0.25) is 4.99 Å². The van der Waals surface area contributed by atoms with Gasteiger partial charge in [-0.05, 0) is 43.2 Å². The van der Waals surface area contributed by atoms with E-state index in [0.717, 1.165) is 59.3 Å². The summed E-state index contributed by atoms with van der Waals surface area (Å²) in [4.78, 5) is 6.45. The number of likely N-dealkylation sites (tertiary alicyclic amines) is 1. The number of allylic oxidation sites excluding steroid dienone is 6. The van der Waals surface area contributed by atoms with Crippen molar-refractivity contribution in [2.45, 2.75) is 32.8 Å². The van der Waals surface area contributed by atoms with Gasteiger partial charge in [0.05, 0.1) is 5.71 Å². The van der Waals surface area contributed by atoms with Crippen LogP contribution in [0.2, 0.25) is 0 Å². The van der Waals surface area contributed by atoms with Crippen molar-refractivity contribution in [3.05, 3.63) is 59.0 Å². The summed E-state index contributed by atoms with van der Waals surface area (Å²) < 4.78 is 6.10. The molecule has 4 heteroatoms. The summed E-state index contributed by atoms with van der Waals surface area (Å²) in [5, 5.41) is 0.803. The number of hydrogen-bond donors (Lipinski definition) is 0. The second-order valence-corrected chi connectivity index (χ2v) is 6.49. The van der Waals surface area contributed by atoms with E-state index in [2.05, 4.69) is 23.1 Å². The van der Waals surface area contributed by atoms with Crippen LogP contribution in [-0.2, 0) is 4.74 Å². The topological polar surface area (TPSA) is 24.8 Å². The number of rotatable bonds is 4. The maximum Gasteiger partial charge on any atom is 0.120 e. The quantitative estimate of drug-likeness (QED) is 0.703. The molecule has 2 rings (SSSR count). The van der Waals surface area contributed by atoms with Gasteiger partial charge < -0.3 is 9.64 Å². The number of hydrogen-bond acceptors (Lipinski definition) is 3. The minimum Gasteiger partial charge on any atom is -0.490 e. The second kappa shape index (κ2) is 7.69. The lowest BCUT2D eigenvalue weighted by atomic mass is 10.0. The molecule has 0 radical (unpaired) electrons. The first-order chi connectivity index (χ1) is 10.9. The summed E-state index contributed by atoms with van der Waals surface area (Å²) in [6.07, 6.45) is 8.04. The van der Waals surface area contributed by atoms with E-state index in [9.17, 15) is 0 Å². The highest BCUT2D eigenvalue weighted by Crippen LogP contribution is 2.26. The van der Waals surface area contributed by atoms with Crippen LogP contribution in [0.1, 0.15) is 26.7 Å².